The van der Waals surface area contributed by atoms with Gasteiger partial charge in [-0.15, -0.1) is 0 Å². The molecule has 3 aromatic rings. The molecule has 2 aromatic carbocycles. The number of rotatable bonds is 7. The average molecular weight is 423 g/mol. The Morgan fingerprint density at radius 3 is 2.58 bits per heavy atom. The van der Waals surface area contributed by atoms with E-state index in [2.05, 4.69) is 5.32 Å². The molecule has 0 unspecified atom stereocenters. The van der Waals surface area contributed by atoms with E-state index in [1.54, 1.807) is 21.3 Å². The standard InChI is InChI=1S/C23H25N3O5/c1-14-20(22(27)31-12-11-28-2)21(15-9-10-18(29-3)19(13-15)30-4)26-17-8-6-5-7-16(17)25-23(26)24-14/h5-10,13,21H,11-12H2,1-4H3,(H,24,25)/t21-/m1/s1. The predicted octanol–water partition coefficient (Wildman–Crippen LogP) is 3.53. The Hall–Kier alpha value is -3.52. The van der Waals surface area contributed by atoms with Crippen molar-refractivity contribution in [3.63, 3.8) is 0 Å². The second-order valence-electron chi connectivity index (χ2n) is 7.10. The molecule has 1 aliphatic heterocycles. The van der Waals surface area contributed by atoms with Crippen molar-refractivity contribution in [2.45, 2.75) is 13.0 Å². The van der Waals surface area contributed by atoms with E-state index in [0.717, 1.165) is 16.6 Å². The van der Waals surface area contributed by atoms with E-state index in [0.29, 0.717) is 35.3 Å². The highest BCUT2D eigenvalue weighted by atomic mass is 16.6. The number of hydrogen-bond acceptors (Lipinski definition) is 7. The molecule has 1 aliphatic rings. The van der Waals surface area contributed by atoms with Crippen LogP contribution in [0.1, 0.15) is 18.5 Å². The number of nitrogens with zero attached hydrogens (tertiary/aromatic N) is 2. The fourth-order valence-electron chi connectivity index (χ4n) is 3.86. The van der Waals surface area contributed by atoms with Crippen molar-refractivity contribution in [2.24, 2.45) is 0 Å². The molecule has 1 aromatic heterocycles. The van der Waals surface area contributed by atoms with Gasteiger partial charge in [-0.1, -0.05) is 18.2 Å². The Bertz CT molecular complexity index is 1150. The van der Waals surface area contributed by atoms with Gasteiger partial charge < -0.3 is 24.3 Å². The number of carbonyl (C=O) groups is 1. The molecule has 162 valence electrons. The SMILES string of the molecule is COCCOC(=O)C1=C(C)Nc2nc3ccccc3n2[C@@H]1c1ccc(OC)c(OC)c1. The van der Waals surface area contributed by atoms with Crippen molar-refractivity contribution < 1.29 is 23.7 Å². The molecule has 0 bridgehead atoms. The minimum Gasteiger partial charge on any atom is -0.493 e. The van der Waals surface area contributed by atoms with Crippen LogP contribution in [0, 0.1) is 0 Å². The van der Waals surface area contributed by atoms with Gasteiger partial charge in [0.2, 0.25) is 5.95 Å². The molecule has 1 atom stereocenters. The second-order valence-corrected chi connectivity index (χ2v) is 7.10. The summed E-state index contributed by atoms with van der Waals surface area (Å²) in [5.41, 5.74) is 3.77. The number of esters is 1. The largest absolute Gasteiger partial charge is 0.493 e. The quantitative estimate of drug-likeness (QED) is 0.460. The lowest BCUT2D eigenvalue weighted by Crippen LogP contribution is -2.29. The van der Waals surface area contributed by atoms with Crippen molar-refractivity contribution >= 4 is 23.0 Å². The maximum atomic E-state index is 13.1. The summed E-state index contributed by atoms with van der Waals surface area (Å²) in [5, 5.41) is 3.27. The number of hydrogen-bond donors (Lipinski definition) is 1. The first-order chi connectivity index (χ1) is 15.1. The number of para-hydroxylation sites is 2. The monoisotopic (exact) mass is 423 g/mol. The van der Waals surface area contributed by atoms with Crippen LogP contribution in [0.15, 0.2) is 53.7 Å². The molecule has 2 heterocycles. The lowest BCUT2D eigenvalue weighted by Gasteiger charge is -2.30. The number of anilines is 1. The summed E-state index contributed by atoms with van der Waals surface area (Å²) in [4.78, 5) is 17.9. The smallest absolute Gasteiger partial charge is 0.338 e. The first-order valence-corrected chi connectivity index (χ1v) is 9.91. The van der Waals surface area contributed by atoms with E-state index < -0.39 is 12.0 Å². The molecule has 4 rings (SSSR count). The molecule has 0 radical (unpaired) electrons. The van der Waals surface area contributed by atoms with Gasteiger partial charge in [-0.2, -0.15) is 0 Å². The van der Waals surface area contributed by atoms with Gasteiger partial charge in [-0.25, -0.2) is 9.78 Å². The first kappa shape index (κ1) is 20.7. The predicted molar refractivity (Wildman–Crippen MR) is 117 cm³/mol. The molecule has 0 fully saturated rings. The van der Waals surface area contributed by atoms with E-state index in [1.807, 2.05) is 54.0 Å². The summed E-state index contributed by atoms with van der Waals surface area (Å²) in [5.74, 6) is 1.44. The number of nitrogens with one attached hydrogen (secondary N) is 1. The number of carbonyl (C=O) groups excluding carboxylic acids is 1. The van der Waals surface area contributed by atoms with Crippen molar-refractivity contribution in [2.75, 3.05) is 39.9 Å². The molecule has 1 N–H and O–H groups in total. The zero-order valence-electron chi connectivity index (χ0n) is 18.0. The summed E-state index contributed by atoms with van der Waals surface area (Å²) in [6.45, 7) is 2.34. The Kier molecular flexibility index (Phi) is 5.81. The molecular formula is C23H25N3O5. The number of imidazole rings is 1. The van der Waals surface area contributed by atoms with Crippen LogP contribution in [0.25, 0.3) is 11.0 Å². The van der Waals surface area contributed by atoms with Gasteiger partial charge in [0.15, 0.2) is 11.5 Å². The van der Waals surface area contributed by atoms with Crippen LogP contribution < -0.4 is 14.8 Å². The summed E-state index contributed by atoms with van der Waals surface area (Å²) >= 11 is 0. The highest BCUT2D eigenvalue weighted by molar-refractivity contribution is 5.94. The van der Waals surface area contributed by atoms with Crippen LogP contribution >= 0.6 is 0 Å². The van der Waals surface area contributed by atoms with Crippen molar-refractivity contribution in [3.05, 3.63) is 59.3 Å². The third-order valence-electron chi connectivity index (χ3n) is 5.29. The van der Waals surface area contributed by atoms with Crippen molar-refractivity contribution in [3.8, 4) is 11.5 Å². The zero-order valence-corrected chi connectivity index (χ0v) is 18.0. The molecule has 0 saturated heterocycles. The third-order valence-corrected chi connectivity index (χ3v) is 5.29. The number of fused-ring (bicyclic) bond motifs is 3. The number of allylic oxidation sites excluding steroid dienone is 1. The molecule has 0 amide bonds. The molecule has 31 heavy (non-hydrogen) atoms. The second kappa shape index (κ2) is 8.69. The van der Waals surface area contributed by atoms with Gasteiger partial charge in [-0.3, -0.25) is 4.57 Å². The fourth-order valence-corrected chi connectivity index (χ4v) is 3.86. The van der Waals surface area contributed by atoms with Crippen LogP contribution in [0.2, 0.25) is 0 Å². The van der Waals surface area contributed by atoms with Crippen LogP contribution in [0.5, 0.6) is 11.5 Å². The van der Waals surface area contributed by atoms with Gasteiger partial charge in [0.1, 0.15) is 6.61 Å². The molecule has 8 nitrogen and oxygen atoms in total. The summed E-state index contributed by atoms with van der Waals surface area (Å²) in [6.07, 6.45) is 0. The zero-order chi connectivity index (χ0) is 22.0. The maximum absolute atomic E-state index is 13.1. The van der Waals surface area contributed by atoms with Crippen molar-refractivity contribution in [1.29, 1.82) is 0 Å². The molecule has 0 spiro atoms. The lowest BCUT2D eigenvalue weighted by molar-refractivity contribution is -0.140. The van der Waals surface area contributed by atoms with E-state index in [4.69, 9.17) is 23.9 Å². The normalized spacial score (nSPS) is 15.4. The Morgan fingerprint density at radius 2 is 1.84 bits per heavy atom. The summed E-state index contributed by atoms with van der Waals surface area (Å²) < 4.78 is 23.4. The number of ether oxygens (including phenoxy) is 4. The van der Waals surface area contributed by atoms with Crippen molar-refractivity contribution in [1.82, 2.24) is 9.55 Å². The van der Waals surface area contributed by atoms with Gasteiger partial charge >= 0.3 is 5.97 Å². The van der Waals surface area contributed by atoms with E-state index in [1.165, 1.54) is 0 Å². The minimum atomic E-state index is -0.460. The maximum Gasteiger partial charge on any atom is 0.338 e. The van der Waals surface area contributed by atoms with Gasteiger partial charge in [-0.05, 0) is 36.8 Å². The summed E-state index contributed by atoms with van der Waals surface area (Å²) in [7, 11) is 4.74. The van der Waals surface area contributed by atoms with Gasteiger partial charge in [0.25, 0.3) is 0 Å². The van der Waals surface area contributed by atoms with Crippen LogP contribution in [-0.4, -0.2) is 50.1 Å². The number of benzene rings is 2. The molecule has 0 aliphatic carbocycles. The third kappa shape index (κ3) is 3.70. The molecule has 0 saturated carbocycles. The first-order valence-electron chi connectivity index (χ1n) is 9.91. The number of aromatic nitrogens is 2. The lowest BCUT2D eigenvalue weighted by atomic mass is 9.94. The average Bonchev–Trinajstić information content (AvgIpc) is 3.15. The fraction of sp³-hybridized carbons (Fsp3) is 0.304. The molecular weight excluding hydrogens is 398 g/mol. The van der Waals surface area contributed by atoms with Crippen LogP contribution in [0.4, 0.5) is 5.95 Å². The molecule has 8 heteroatoms. The Balaban J connectivity index is 1.89. The van der Waals surface area contributed by atoms with E-state index in [9.17, 15) is 4.79 Å². The van der Waals surface area contributed by atoms with Crippen LogP contribution in [0.3, 0.4) is 0 Å². The Morgan fingerprint density at radius 1 is 1.06 bits per heavy atom. The number of methoxy groups -OCH3 is 3. The minimum absolute atomic E-state index is 0.169. The summed E-state index contributed by atoms with van der Waals surface area (Å²) in [6, 6.07) is 13.0. The topological polar surface area (TPSA) is 83.8 Å². The highest BCUT2D eigenvalue weighted by Crippen LogP contribution is 2.41. The Labute approximate surface area is 180 Å². The highest BCUT2D eigenvalue weighted by Gasteiger charge is 2.35. The van der Waals surface area contributed by atoms with E-state index in [-0.39, 0.29) is 6.61 Å². The van der Waals surface area contributed by atoms with Gasteiger partial charge in [0, 0.05) is 12.8 Å². The van der Waals surface area contributed by atoms with E-state index >= 15 is 0 Å². The van der Waals surface area contributed by atoms with Gasteiger partial charge in [0.05, 0.1) is 43.5 Å². The van der Waals surface area contributed by atoms with Crippen LogP contribution in [-0.2, 0) is 14.3 Å².